The largest absolute Gasteiger partial charge is 0.322 e. The van der Waals surface area contributed by atoms with Gasteiger partial charge in [-0.05, 0) is 52.1 Å². The van der Waals surface area contributed by atoms with Crippen LogP contribution in [0.15, 0.2) is 59.6 Å². The molecule has 2 heterocycles. The van der Waals surface area contributed by atoms with Crippen molar-refractivity contribution in [2.24, 2.45) is 0 Å². The van der Waals surface area contributed by atoms with E-state index in [1.54, 1.807) is 35.9 Å². The lowest BCUT2D eigenvalue weighted by atomic mass is 10.1. The van der Waals surface area contributed by atoms with Crippen LogP contribution < -0.4 is 5.32 Å². The zero-order chi connectivity index (χ0) is 13.8. The van der Waals surface area contributed by atoms with E-state index >= 15 is 0 Å². The molecule has 2 aromatic heterocycles. The van der Waals surface area contributed by atoms with Crippen molar-refractivity contribution in [3.63, 3.8) is 0 Å². The average molecular weight is 280 g/mol. The number of thiophene rings is 1. The van der Waals surface area contributed by atoms with Crippen LogP contribution in [0.2, 0.25) is 0 Å². The molecule has 1 amide bonds. The summed E-state index contributed by atoms with van der Waals surface area (Å²) >= 11 is 1.61. The van der Waals surface area contributed by atoms with E-state index in [1.807, 2.05) is 41.1 Å². The number of amides is 1. The molecule has 4 heteroatoms. The summed E-state index contributed by atoms with van der Waals surface area (Å²) in [7, 11) is 0. The van der Waals surface area contributed by atoms with E-state index in [1.165, 1.54) is 0 Å². The molecule has 3 aromatic rings. The Morgan fingerprint density at radius 2 is 2.15 bits per heavy atom. The maximum Gasteiger partial charge on any atom is 0.248 e. The van der Waals surface area contributed by atoms with Gasteiger partial charge in [-0.15, -0.1) is 0 Å². The summed E-state index contributed by atoms with van der Waals surface area (Å²) in [6, 6.07) is 9.65. The summed E-state index contributed by atoms with van der Waals surface area (Å²) in [5, 5.41) is 8.94. The normalized spacial score (nSPS) is 11.0. The molecule has 3 nitrogen and oxygen atoms in total. The maximum atomic E-state index is 11.8. The standard InChI is InChI=1S/C16H12N2OS/c19-16(4-1-12-6-8-20-11-12)18-15-3-2-14-10-17-7-5-13(14)9-15/h1-11H,(H,18,19)/b4-1+. The lowest BCUT2D eigenvalue weighted by molar-refractivity contribution is -0.111. The van der Waals surface area contributed by atoms with Crippen molar-refractivity contribution in [1.29, 1.82) is 0 Å². The molecule has 0 fully saturated rings. The van der Waals surface area contributed by atoms with Gasteiger partial charge in [0, 0.05) is 29.5 Å². The number of aromatic nitrogens is 1. The fourth-order valence-electron chi connectivity index (χ4n) is 1.89. The molecule has 0 radical (unpaired) electrons. The number of hydrogen-bond donors (Lipinski definition) is 1. The molecule has 0 saturated carbocycles. The Morgan fingerprint density at radius 3 is 3.00 bits per heavy atom. The van der Waals surface area contributed by atoms with E-state index in [2.05, 4.69) is 10.3 Å². The molecule has 1 N–H and O–H groups in total. The smallest absolute Gasteiger partial charge is 0.248 e. The van der Waals surface area contributed by atoms with E-state index in [0.717, 1.165) is 22.0 Å². The van der Waals surface area contributed by atoms with E-state index < -0.39 is 0 Å². The summed E-state index contributed by atoms with van der Waals surface area (Å²) in [6.45, 7) is 0. The Labute approximate surface area is 120 Å². The van der Waals surface area contributed by atoms with Crippen LogP contribution in [0.25, 0.3) is 16.8 Å². The van der Waals surface area contributed by atoms with Gasteiger partial charge < -0.3 is 5.32 Å². The zero-order valence-electron chi connectivity index (χ0n) is 10.6. The SMILES string of the molecule is O=C(/C=C/c1ccsc1)Nc1ccc2cnccc2c1. The van der Waals surface area contributed by atoms with E-state index in [4.69, 9.17) is 0 Å². The van der Waals surface area contributed by atoms with Crippen molar-refractivity contribution in [2.75, 3.05) is 5.32 Å². The Morgan fingerprint density at radius 1 is 1.20 bits per heavy atom. The van der Waals surface area contributed by atoms with Crippen LogP contribution in [0.4, 0.5) is 5.69 Å². The van der Waals surface area contributed by atoms with E-state index in [0.29, 0.717) is 0 Å². The van der Waals surface area contributed by atoms with Gasteiger partial charge in [0.15, 0.2) is 0 Å². The summed E-state index contributed by atoms with van der Waals surface area (Å²) in [5.74, 6) is -0.135. The van der Waals surface area contributed by atoms with Gasteiger partial charge in [-0.1, -0.05) is 6.07 Å². The summed E-state index contributed by atoms with van der Waals surface area (Å²) < 4.78 is 0. The van der Waals surface area contributed by atoms with Gasteiger partial charge in [-0.2, -0.15) is 11.3 Å². The second-order valence-electron chi connectivity index (χ2n) is 4.32. The fraction of sp³-hybridized carbons (Fsp3) is 0. The molecule has 0 saturated heterocycles. The minimum atomic E-state index is -0.135. The van der Waals surface area contributed by atoms with Crippen LogP contribution in [-0.4, -0.2) is 10.9 Å². The quantitative estimate of drug-likeness (QED) is 0.738. The number of nitrogens with one attached hydrogen (secondary N) is 1. The topological polar surface area (TPSA) is 42.0 Å². The lowest BCUT2D eigenvalue weighted by Gasteiger charge is -2.03. The average Bonchev–Trinajstić information content (AvgIpc) is 2.98. The minimum Gasteiger partial charge on any atom is -0.322 e. The highest BCUT2D eigenvalue weighted by molar-refractivity contribution is 7.08. The highest BCUT2D eigenvalue weighted by Crippen LogP contribution is 2.18. The monoisotopic (exact) mass is 280 g/mol. The summed E-state index contributed by atoms with van der Waals surface area (Å²) in [5.41, 5.74) is 1.82. The third kappa shape index (κ3) is 2.92. The first-order chi connectivity index (χ1) is 9.81. The molecule has 0 spiro atoms. The molecular formula is C16H12N2OS. The van der Waals surface area contributed by atoms with Crippen molar-refractivity contribution in [3.05, 3.63) is 65.1 Å². The zero-order valence-corrected chi connectivity index (χ0v) is 11.4. The predicted molar refractivity (Wildman–Crippen MR) is 83.7 cm³/mol. The van der Waals surface area contributed by atoms with Crippen LogP contribution in [-0.2, 0) is 4.79 Å². The Kier molecular flexibility index (Phi) is 3.56. The van der Waals surface area contributed by atoms with Gasteiger partial charge in [0.05, 0.1) is 0 Å². The van der Waals surface area contributed by atoms with E-state index in [9.17, 15) is 4.79 Å². The van der Waals surface area contributed by atoms with Crippen LogP contribution in [0.5, 0.6) is 0 Å². The van der Waals surface area contributed by atoms with Crippen molar-refractivity contribution in [2.45, 2.75) is 0 Å². The molecule has 20 heavy (non-hydrogen) atoms. The first kappa shape index (κ1) is 12.6. The fourth-order valence-corrected chi connectivity index (χ4v) is 2.52. The number of pyridine rings is 1. The first-order valence-corrected chi connectivity index (χ1v) is 7.10. The Balaban J connectivity index is 1.74. The van der Waals surface area contributed by atoms with Crippen molar-refractivity contribution in [3.8, 4) is 0 Å². The number of nitrogens with zero attached hydrogens (tertiary/aromatic N) is 1. The third-order valence-corrected chi connectivity index (χ3v) is 3.58. The number of carbonyl (C=O) groups excluding carboxylic acids is 1. The first-order valence-electron chi connectivity index (χ1n) is 6.16. The predicted octanol–water partition coefficient (Wildman–Crippen LogP) is 3.95. The van der Waals surface area contributed by atoms with Gasteiger partial charge >= 0.3 is 0 Å². The van der Waals surface area contributed by atoms with Gasteiger partial charge in [-0.3, -0.25) is 9.78 Å². The minimum absolute atomic E-state index is 0.135. The van der Waals surface area contributed by atoms with Gasteiger partial charge in [-0.25, -0.2) is 0 Å². The molecule has 0 atom stereocenters. The number of benzene rings is 1. The molecule has 0 aliphatic heterocycles. The number of hydrogen-bond acceptors (Lipinski definition) is 3. The van der Waals surface area contributed by atoms with Crippen molar-refractivity contribution in [1.82, 2.24) is 4.98 Å². The molecular weight excluding hydrogens is 268 g/mol. The molecule has 1 aromatic carbocycles. The maximum absolute atomic E-state index is 11.8. The van der Waals surface area contributed by atoms with Gasteiger partial charge in [0.1, 0.15) is 0 Å². The molecule has 0 bridgehead atoms. The van der Waals surface area contributed by atoms with Crippen molar-refractivity contribution >= 4 is 39.8 Å². The highest BCUT2D eigenvalue weighted by atomic mass is 32.1. The molecule has 0 aliphatic rings. The Hall–Kier alpha value is -2.46. The van der Waals surface area contributed by atoms with Crippen molar-refractivity contribution < 1.29 is 4.79 Å². The number of rotatable bonds is 3. The lowest BCUT2D eigenvalue weighted by Crippen LogP contribution is -2.07. The van der Waals surface area contributed by atoms with Crippen LogP contribution in [0.1, 0.15) is 5.56 Å². The molecule has 3 rings (SSSR count). The van der Waals surface area contributed by atoms with Crippen LogP contribution >= 0.6 is 11.3 Å². The molecule has 98 valence electrons. The highest BCUT2D eigenvalue weighted by Gasteiger charge is 2.00. The summed E-state index contributed by atoms with van der Waals surface area (Å²) in [6.07, 6.45) is 6.89. The summed E-state index contributed by atoms with van der Waals surface area (Å²) in [4.78, 5) is 15.9. The van der Waals surface area contributed by atoms with Crippen LogP contribution in [0, 0.1) is 0 Å². The van der Waals surface area contributed by atoms with Gasteiger partial charge in [0.25, 0.3) is 0 Å². The second-order valence-corrected chi connectivity index (χ2v) is 5.10. The number of fused-ring (bicyclic) bond motifs is 1. The molecule has 0 unspecified atom stereocenters. The number of anilines is 1. The number of carbonyl (C=O) groups is 1. The Bertz CT molecular complexity index is 763. The van der Waals surface area contributed by atoms with Gasteiger partial charge in [0.2, 0.25) is 5.91 Å². The second kappa shape index (κ2) is 5.67. The molecule has 0 aliphatic carbocycles. The van der Waals surface area contributed by atoms with Crippen LogP contribution in [0.3, 0.4) is 0 Å². The van der Waals surface area contributed by atoms with E-state index in [-0.39, 0.29) is 5.91 Å². The third-order valence-electron chi connectivity index (χ3n) is 2.88.